The highest BCUT2D eigenvalue weighted by molar-refractivity contribution is 5.89. The molecular weight excluding hydrogens is 292 g/mol. The maximum atomic E-state index is 12.3. The van der Waals surface area contributed by atoms with Gasteiger partial charge in [-0.25, -0.2) is 4.79 Å². The normalized spacial score (nSPS) is 15.3. The van der Waals surface area contributed by atoms with Crippen LogP contribution in [0.2, 0.25) is 0 Å². The average Bonchev–Trinajstić information content (AvgIpc) is 2.55. The van der Waals surface area contributed by atoms with Gasteiger partial charge in [0.1, 0.15) is 0 Å². The zero-order chi connectivity index (χ0) is 16.8. The van der Waals surface area contributed by atoms with Crippen molar-refractivity contribution in [3.8, 4) is 0 Å². The second-order valence-electron chi connectivity index (χ2n) is 6.16. The van der Waals surface area contributed by atoms with Gasteiger partial charge in [-0.3, -0.25) is 9.69 Å². The molecule has 0 atom stereocenters. The quantitative estimate of drug-likeness (QED) is 0.918. The highest BCUT2D eigenvalue weighted by Crippen LogP contribution is 2.11. The summed E-state index contributed by atoms with van der Waals surface area (Å²) in [6.45, 7) is 5.77. The second kappa shape index (κ2) is 7.97. The minimum Gasteiger partial charge on any atom is -0.349 e. The highest BCUT2D eigenvalue weighted by atomic mass is 16.2. The van der Waals surface area contributed by atoms with E-state index < -0.39 is 0 Å². The van der Waals surface area contributed by atoms with Crippen LogP contribution in [0.15, 0.2) is 24.3 Å². The molecule has 1 N–H and O–H groups in total. The number of hydrogen-bond donors (Lipinski definition) is 1. The van der Waals surface area contributed by atoms with Crippen molar-refractivity contribution < 1.29 is 9.59 Å². The van der Waals surface area contributed by atoms with Crippen molar-refractivity contribution in [3.63, 3.8) is 0 Å². The van der Waals surface area contributed by atoms with Gasteiger partial charge in [0, 0.05) is 58.9 Å². The van der Waals surface area contributed by atoms with Gasteiger partial charge in [-0.05, 0) is 19.1 Å². The van der Waals surface area contributed by atoms with E-state index in [0.717, 1.165) is 25.3 Å². The summed E-state index contributed by atoms with van der Waals surface area (Å²) in [5.74, 6) is 0.143. The molecule has 0 bridgehead atoms. The van der Waals surface area contributed by atoms with E-state index in [0.29, 0.717) is 19.5 Å². The Hall–Kier alpha value is -2.08. The molecular formula is C17H26N4O2. The molecule has 2 rings (SSSR count). The smallest absolute Gasteiger partial charge is 0.321 e. The van der Waals surface area contributed by atoms with Gasteiger partial charge in [0.25, 0.3) is 0 Å². The standard InChI is InChI=1S/C17H26N4O2/c1-14-4-6-15(7-5-14)18-17(23)21-12-10-20(11-13-21)9-8-16(22)19(2)3/h4-7H,8-13H2,1-3H3,(H,18,23). The number of aryl methyl sites for hydroxylation is 1. The van der Waals surface area contributed by atoms with Gasteiger partial charge in [0.15, 0.2) is 0 Å². The van der Waals surface area contributed by atoms with E-state index in [-0.39, 0.29) is 11.9 Å². The van der Waals surface area contributed by atoms with E-state index in [1.54, 1.807) is 19.0 Å². The Morgan fingerprint density at radius 3 is 2.26 bits per heavy atom. The molecule has 1 aliphatic rings. The van der Waals surface area contributed by atoms with Crippen LogP contribution in [0.5, 0.6) is 0 Å². The summed E-state index contributed by atoms with van der Waals surface area (Å²) >= 11 is 0. The number of hydrogen-bond acceptors (Lipinski definition) is 3. The molecule has 0 saturated carbocycles. The summed E-state index contributed by atoms with van der Waals surface area (Å²) in [5, 5.41) is 2.93. The fourth-order valence-electron chi connectivity index (χ4n) is 2.49. The molecule has 1 saturated heterocycles. The highest BCUT2D eigenvalue weighted by Gasteiger charge is 2.21. The first-order chi connectivity index (χ1) is 11.0. The summed E-state index contributed by atoms with van der Waals surface area (Å²) in [4.78, 5) is 29.5. The molecule has 1 aliphatic heterocycles. The molecule has 0 aromatic heterocycles. The van der Waals surface area contributed by atoms with Gasteiger partial charge in [-0.2, -0.15) is 0 Å². The number of rotatable bonds is 4. The van der Waals surface area contributed by atoms with Gasteiger partial charge in [0.05, 0.1) is 0 Å². The maximum absolute atomic E-state index is 12.3. The van der Waals surface area contributed by atoms with Crippen LogP contribution in [0, 0.1) is 6.92 Å². The molecule has 126 valence electrons. The molecule has 1 heterocycles. The molecule has 3 amide bonds. The van der Waals surface area contributed by atoms with Gasteiger partial charge in [0.2, 0.25) is 5.91 Å². The minimum absolute atomic E-state index is 0.0575. The Labute approximate surface area is 138 Å². The number of carbonyl (C=O) groups excluding carboxylic acids is 2. The summed E-state index contributed by atoms with van der Waals surface area (Å²) in [5.41, 5.74) is 1.99. The topological polar surface area (TPSA) is 55.9 Å². The Morgan fingerprint density at radius 1 is 1.09 bits per heavy atom. The van der Waals surface area contributed by atoms with Crippen molar-refractivity contribution in [2.45, 2.75) is 13.3 Å². The molecule has 0 spiro atoms. The van der Waals surface area contributed by atoms with Crippen LogP contribution in [-0.2, 0) is 4.79 Å². The predicted octanol–water partition coefficient (Wildman–Crippen LogP) is 1.62. The molecule has 1 aromatic rings. The first kappa shape index (κ1) is 17.3. The van der Waals surface area contributed by atoms with E-state index in [1.165, 1.54) is 5.56 Å². The van der Waals surface area contributed by atoms with Crippen LogP contribution in [0.25, 0.3) is 0 Å². The number of urea groups is 1. The van der Waals surface area contributed by atoms with Crippen LogP contribution in [0.4, 0.5) is 10.5 Å². The maximum Gasteiger partial charge on any atom is 0.321 e. The lowest BCUT2D eigenvalue weighted by molar-refractivity contribution is -0.129. The third-order valence-corrected chi connectivity index (χ3v) is 4.10. The third kappa shape index (κ3) is 5.25. The molecule has 0 unspecified atom stereocenters. The van der Waals surface area contributed by atoms with Gasteiger partial charge < -0.3 is 15.1 Å². The van der Waals surface area contributed by atoms with Crippen LogP contribution >= 0.6 is 0 Å². The summed E-state index contributed by atoms with van der Waals surface area (Å²) in [7, 11) is 3.55. The number of nitrogens with zero attached hydrogens (tertiary/aromatic N) is 3. The lowest BCUT2D eigenvalue weighted by Gasteiger charge is -2.34. The summed E-state index contributed by atoms with van der Waals surface area (Å²) in [6.07, 6.45) is 0.530. The minimum atomic E-state index is -0.0575. The van der Waals surface area contributed by atoms with E-state index in [4.69, 9.17) is 0 Å². The summed E-state index contributed by atoms with van der Waals surface area (Å²) in [6, 6.07) is 7.73. The second-order valence-corrected chi connectivity index (χ2v) is 6.16. The molecule has 1 fully saturated rings. The number of benzene rings is 1. The first-order valence-corrected chi connectivity index (χ1v) is 8.01. The predicted molar refractivity (Wildman–Crippen MR) is 91.5 cm³/mol. The first-order valence-electron chi connectivity index (χ1n) is 8.01. The van der Waals surface area contributed by atoms with Crippen molar-refractivity contribution in [1.29, 1.82) is 0 Å². The molecule has 1 aromatic carbocycles. The zero-order valence-electron chi connectivity index (χ0n) is 14.2. The van der Waals surface area contributed by atoms with E-state index >= 15 is 0 Å². The van der Waals surface area contributed by atoms with Crippen LogP contribution in [-0.4, -0.2) is 73.5 Å². The molecule has 6 nitrogen and oxygen atoms in total. The number of amides is 3. The number of piperazine rings is 1. The van der Waals surface area contributed by atoms with Gasteiger partial charge in [-0.15, -0.1) is 0 Å². The average molecular weight is 318 g/mol. The van der Waals surface area contributed by atoms with Crippen LogP contribution in [0.3, 0.4) is 0 Å². The lowest BCUT2D eigenvalue weighted by atomic mass is 10.2. The van der Waals surface area contributed by atoms with Crippen LogP contribution < -0.4 is 5.32 Å². The Balaban J connectivity index is 1.74. The fourth-order valence-corrected chi connectivity index (χ4v) is 2.49. The van der Waals surface area contributed by atoms with Gasteiger partial charge >= 0.3 is 6.03 Å². The number of carbonyl (C=O) groups is 2. The Kier molecular flexibility index (Phi) is 5.98. The van der Waals surface area contributed by atoms with Crippen molar-refractivity contribution in [2.75, 3.05) is 52.1 Å². The largest absolute Gasteiger partial charge is 0.349 e. The van der Waals surface area contributed by atoms with Gasteiger partial charge in [-0.1, -0.05) is 17.7 Å². The molecule has 23 heavy (non-hydrogen) atoms. The summed E-state index contributed by atoms with van der Waals surface area (Å²) < 4.78 is 0. The van der Waals surface area contributed by atoms with Crippen molar-refractivity contribution in [1.82, 2.24) is 14.7 Å². The molecule has 0 aliphatic carbocycles. The Morgan fingerprint density at radius 2 is 1.70 bits per heavy atom. The Bertz CT molecular complexity index is 534. The SMILES string of the molecule is Cc1ccc(NC(=O)N2CCN(CCC(=O)N(C)C)CC2)cc1. The number of nitrogens with one attached hydrogen (secondary N) is 1. The molecule has 6 heteroatoms. The van der Waals surface area contributed by atoms with Crippen molar-refractivity contribution >= 4 is 17.6 Å². The van der Waals surface area contributed by atoms with E-state index in [1.807, 2.05) is 36.1 Å². The van der Waals surface area contributed by atoms with E-state index in [9.17, 15) is 9.59 Å². The van der Waals surface area contributed by atoms with Crippen molar-refractivity contribution in [3.05, 3.63) is 29.8 Å². The zero-order valence-corrected chi connectivity index (χ0v) is 14.2. The number of anilines is 1. The fraction of sp³-hybridized carbons (Fsp3) is 0.529. The van der Waals surface area contributed by atoms with Crippen LogP contribution in [0.1, 0.15) is 12.0 Å². The molecule has 0 radical (unpaired) electrons. The van der Waals surface area contributed by atoms with Crippen molar-refractivity contribution in [2.24, 2.45) is 0 Å². The lowest BCUT2D eigenvalue weighted by Crippen LogP contribution is -2.50. The third-order valence-electron chi connectivity index (χ3n) is 4.10. The monoisotopic (exact) mass is 318 g/mol. The van der Waals surface area contributed by atoms with E-state index in [2.05, 4.69) is 10.2 Å².